The molecule has 0 radical (unpaired) electrons. The molecule has 1 rings (SSSR count). The van der Waals surface area contributed by atoms with Crippen molar-refractivity contribution in [2.45, 2.75) is 64.3 Å². The van der Waals surface area contributed by atoms with Crippen molar-refractivity contribution in [2.75, 3.05) is 13.2 Å². The molecule has 98 valence electrons. The highest BCUT2D eigenvalue weighted by molar-refractivity contribution is 4.64. The summed E-state index contributed by atoms with van der Waals surface area (Å²) in [5.41, 5.74) is 0. The van der Waals surface area contributed by atoms with Crippen LogP contribution in [0.3, 0.4) is 0 Å². The lowest BCUT2D eigenvalue weighted by atomic mass is 9.98. The maximum absolute atomic E-state index is 8.47. The van der Waals surface area contributed by atoms with E-state index in [-0.39, 0.29) is 6.61 Å². The molecule has 0 aromatic heterocycles. The Morgan fingerprint density at radius 3 is 1.94 bits per heavy atom. The van der Waals surface area contributed by atoms with Gasteiger partial charge in [-0.05, 0) is 26.7 Å². The standard InChI is InChI=1S/C8H16O2.C4H10O2/c9-6-7-10-8-4-2-1-3-5-8;1-3(5)4(2)6/h8-9H,1-7H2;3-6H,1-2H3. The largest absolute Gasteiger partial charge is 0.394 e. The van der Waals surface area contributed by atoms with E-state index in [1.165, 1.54) is 32.1 Å². The van der Waals surface area contributed by atoms with Gasteiger partial charge in [-0.1, -0.05) is 19.3 Å². The Hall–Kier alpha value is -0.160. The summed E-state index contributed by atoms with van der Waals surface area (Å²) in [6.45, 7) is 3.77. The molecule has 0 amide bonds. The topological polar surface area (TPSA) is 69.9 Å². The summed E-state index contributed by atoms with van der Waals surface area (Å²) in [5.74, 6) is 0. The molecule has 0 saturated heterocycles. The predicted molar refractivity (Wildman–Crippen MR) is 63.3 cm³/mol. The van der Waals surface area contributed by atoms with Crippen LogP contribution >= 0.6 is 0 Å². The molecule has 3 N–H and O–H groups in total. The Kier molecular flexibility index (Phi) is 9.92. The van der Waals surface area contributed by atoms with Crippen molar-refractivity contribution in [3.05, 3.63) is 0 Å². The SMILES string of the molecule is CC(O)C(C)O.OCCOC1CCCCC1. The highest BCUT2D eigenvalue weighted by atomic mass is 16.5. The van der Waals surface area contributed by atoms with Gasteiger partial charge in [0.05, 0.1) is 31.5 Å². The van der Waals surface area contributed by atoms with E-state index in [0.29, 0.717) is 12.7 Å². The van der Waals surface area contributed by atoms with Crippen molar-refractivity contribution < 1.29 is 20.1 Å². The predicted octanol–water partition coefficient (Wildman–Crippen LogP) is 1.08. The molecule has 2 unspecified atom stereocenters. The van der Waals surface area contributed by atoms with Crippen molar-refractivity contribution in [1.82, 2.24) is 0 Å². The first kappa shape index (κ1) is 15.8. The number of hydrogen-bond acceptors (Lipinski definition) is 4. The van der Waals surface area contributed by atoms with Gasteiger partial charge in [0.25, 0.3) is 0 Å². The van der Waals surface area contributed by atoms with E-state index >= 15 is 0 Å². The number of aliphatic hydroxyl groups excluding tert-OH is 3. The fourth-order valence-corrected chi connectivity index (χ4v) is 1.45. The van der Waals surface area contributed by atoms with Crippen LogP contribution in [0.15, 0.2) is 0 Å². The lowest BCUT2D eigenvalue weighted by Gasteiger charge is -2.21. The van der Waals surface area contributed by atoms with Crippen molar-refractivity contribution in [3.63, 3.8) is 0 Å². The van der Waals surface area contributed by atoms with Crippen LogP contribution in [0.4, 0.5) is 0 Å². The minimum absolute atomic E-state index is 0.163. The van der Waals surface area contributed by atoms with E-state index in [2.05, 4.69) is 0 Å². The number of rotatable bonds is 4. The molecular formula is C12H26O4. The van der Waals surface area contributed by atoms with E-state index in [4.69, 9.17) is 20.1 Å². The minimum atomic E-state index is -0.593. The monoisotopic (exact) mass is 234 g/mol. The first-order valence-corrected chi connectivity index (χ1v) is 6.16. The van der Waals surface area contributed by atoms with Crippen molar-refractivity contribution in [1.29, 1.82) is 0 Å². The lowest BCUT2D eigenvalue weighted by Crippen LogP contribution is -2.18. The lowest BCUT2D eigenvalue weighted by molar-refractivity contribution is 0.00882. The molecule has 0 aliphatic heterocycles. The molecule has 0 bridgehead atoms. The molecule has 0 spiro atoms. The summed E-state index contributed by atoms with van der Waals surface area (Å²) < 4.78 is 5.38. The first-order valence-electron chi connectivity index (χ1n) is 6.16. The normalized spacial score (nSPS) is 20.8. The summed E-state index contributed by atoms with van der Waals surface area (Å²) in [5, 5.41) is 25.2. The van der Waals surface area contributed by atoms with Gasteiger partial charge < -0.3 is 20.1 Å². The summed E-state index contributed by atoms with van der Waals surface area (Å²) >= 11 is 0. The highest BCUT2D eigenvalue weighted by Crippen LogP contribution is 2.19. The average molecular weight is 234 g/mol. The summed E-state index contributed by atoms with van der Waals surface area (Å²) in [6, 6.07) is 0. The van der Waals surface area contributed by atoms with Gasteiger partial charge in [0, 0.05) is 0 Å². The second-order valence-corrected chi connectivity index (χ2v) is 4.34. The van der Waals surface area contributed by atoms with Gasteiger partial charge >= 0.3 is 0 Å². The molecule has 4 nitrogen and oxygen atoms in total. The molecule has 0 heterocycles. The first-order chi connectivity index (χ1) is 7.57. The Bertz CT molecular complexity index is 136. The van der Waals surface area contributed by atoms with E-state index < -0.39 is 12.2 Å². The number of ether oxygens (including phenoxy) is 1. The highest BCUT2D eigenvalue weighted by Gasteiger charge is 2.12. The Morgan fingerprint density at radius 1 is 1.06 bits per heavy atom. The van der Waals surface area contributed by atoms with Crippen LogP contribution < -0.4 is 0 Å². The zero-order valence-corrected chi connectivity index (χ0v) is 10.4. The van der Waals surface area contributed by atoms with Crippen LogP contribution in [0.1, 0.15) is 46.0 Å². The van der Waals surface area contributed by atoms with Gasteiger partial charge in [-0.15, -0.1) is 0 Å². The quantitative estimate of drug-likeness (QED) is 0.680. The van der Waals surface area contributed by atoms with E-state index in [9.17, 15) is 0 Å². The van der Waals surface area contributed by atoms with Gasteiger partial charge in [0.2, 0.25) is 0 Å². The molecule has 0 aromatic rings. The van der Waals surface area contributed by atoms with E-state index in [1.807, 2.05) is 0 Å². The van der Waals surface area contributed by atoms with Crippen LogP contribution in [0, 0.1) is 0 Å². The minimum Gasteiger partial charge on any atom is -0.394 e. The molecule has 4 heteroatoms. The molecule has 0 aromatic carbocycles. The smallest absolute Gasteiger partial charge is 0.0768 e. The molecule has 1 fully saturated rings. The fourth-order valence-electron chi connectivity index (χ4n) is 1.45. The Balaban J connectivity index is 0.000000325. The molecule has 1 aliphatic carbocycles. The summed E-state index contributed by atoms with van der Waals surface area (Å²) in [6.07, 6.45) is 5.61. The third kappa shape index (κ3) is 9.09. The van der Waals surface area contributed by atoms with Crippen LogP contribution in [0.25, 0.3) is 0 Å². The Morgan fingerprint density at radius 2 is 1.56 bits per heavy atom. The van der Waals surface area contributed by atoms with Crippen LogP contribution in [-0.4, -0.2) is 46.8 Å². The maximum atomic E-state index is 8.47. The molecule has 1 saturated carbocycles. The van der Waals surface area contributed by atoms with Gasteiger partial charge in [0.15, 0.2) is 0 Å². The van der Waals surface area contributed by atoms with Crippen molar-refractivity contribution in [2.24, 2.45) is 0 Å². The van der Waals surface area contributed by atoms with Crippen molar-refractivity contribution in [3.8, 4) is 0 Å². The third-order valence-electron chi connectivity index (χ3n) is 2.70. The third-order valence-corrected chi connectivity index (χ3v) is 2.70. The number of aliphatic hydroxyl groups is 3. The zero-order valence-electron chi connectivity index (χ0n) is 10.4. The maximum Gasteiger partial charge on any atom is 0.0768 e. The summed E-state index contributed by atoms with van der Waals surface area (Å²) in [4.78, 5) is 0. The van der Waals surface area contributed by atoms with E-state index in [0.717, 1.165) is 0 Å². The van der Waals surface area contributed by atoms with Crippen molar-refractivity contribution >= 4 is 0 Å². The van der Waals surface area contributed by atoms with Gasteiger partial charge in [-0.2, -0.15) is 0 Å². The van der Waals surface area contributed by atoms with Crippen LogP contribution in [0.2, 0.25) is 0 Å². The van der Waals surface area contributed by atoms with Crippen LogP contribution in [-0.2, 0) is 4.74 Å². The fraction of sp³-hybridized carbons (Fsp3) is 1.00. The second kappa shape index (κ2) is 10.0. The van der Waals surface area contributed by atoms with Crippen LogP contribution in [0.5, 0.6) is 0 Å². The second-order valence-electron chi connectivity index (χ2n) is 4.34. The Labute approximate surface area is 98.2 Å². The number of hydrogen-bond donors (Lipinski definition) is 3. The molecule has 16 heavy (non-hydrogen) atoms. The van der Waals surface area contributed by atoms with Gasteiger partial charge in [-0.3, -0.25) is 0 Å². The average Bonchev–Trinajstić information content (AvgIpc) is 2.28. The van der Waals surface area contributed by atoms with Gasteiger partial charge in [-0.25, -0.2) is 0 Å². The summed E-state index contributed by atoms with van der Waals surface area (Å²) in [7, 11) is 0. The van der Waals surface area contributed by atoms with Gasteiger partial charge in [0.1, 0.15) is 0 Å². The zero-order chi connectivity index (χ0) is 12.4. The molecule has 2 atom stereocenters. The van der Waals surface area contributed by atoms with E-state index in [1.54, 1.807) is 13.8 Å². The molecule has 1 aliphatic rings. The molecular weight excluding hydrogens is 208 g/mol.